The summed E-state index contributed by atoms with van der Waals surface area (Å²) in [7, 11) is 10.4. The maximum absolute atomic E-state index is 13.3. The van der Waals surface area contributed by atoms with E-state index in [1.807, 2.05) is 46.8 Å². The number of ether oxygens (including phenoxy) is 2. The topological polar surface area (TPSA) is 155 Å². The zero-order valence-corrected chi connectivity index (χ0v) is 37.5. The number of aldehydes is 2. The highest BCUT2D eigenvalue weighted by atomic mass is 16.5. The summed E-state index contributed by atoms with van der Waals surface area (Å²) in [4.78, 5) is 53.8. The molecular weight excluding hydrogens is 699 g/mol. The van der Waals surface area contributed by atoms with E-state index in [-0.39, 0.29) is 66.0 Å². The number of likely N-dealkylation sites (tertiary alicyclic amines) is 1. The lowest BCUT2D eigenvalue weighted by molar-refractivity contribution is -0.145. The number of likely N-dealkylation sites (N-methyl/N-ethyl adjacent to an activating group) is 2. The lowest BCUT2D eigenvalue weighted by Gasteiger charge is -2.39. The summed E-state index contributed by atoms with van der Waals surface area (Å²) in [6, 6.07) is 0.207. The molecule has 0 aromatic heterocycles. The summed E-state index contributed by atoms with van der Waals surface area (Å²) in [6.45, 7) is 26.9. The number of amides is 2. The average Bonchev–Trinajstić information content (AvgIpc) is 3.63. The molecule has 1 saturated heterocycles. The summed E-state index contributed by atoms with van der Waals surface area (Å²) < 4.78 is 11.4. The van der Waals surface area contributed by atoms with Gasteiger partial charge in [0.2, 0.25) is 11.8 Å². The number of allylic oxidation sites excluding steroid dienone is 3. The molecule has 12 nitrogen and oxygen atoms in total. The lowest BCUT2D eigenvalue weighted by Crippen LogP contribution is -2.52. The number of rotatable bonds is 22. The standard InChI is InChI=1S/C24H44N2O5.C9H19NO.C9H15NO.CH5N/c1-9-17(4)23(25(6)21(28)13-16(2)3)20(30-7)14-22(29)26-12-10-11-19(26)24(31-8)18(5)15-27;1-7(2)9(6-11)10(5)8(3)4;1-4-5-9(8(2)11)6-7-10-3;1-2/h15-20,23-24H,9-14H2,1-8H3;6-9H,1-5H3;4-5,10-11H,1-2,6-7H2,3H3;2H2,1H3/b;;9-5-;. The molecule has 1 aliphatic heterocycles. The minimum atomic E-state index is -0.394. The van der Waals surface area contributed by atoms with Crippen LogP contribution in [-0.4, -0.2) is 136 Å². The first-order chi connectivity index (χ1) is 25.8. The van der Waals surface area contributed by atoms with E-state index in [0.29, 0.717) is 24.9 Å². The minimum Gasteiger partial charge on any atom is -0.508 e. The van der Waals surface area contributed by atoms with Crippen LogP contribution in [-0.2, 0) is 28.7 Å². The van der Waals surface area contributed by atoms with E-state index < -0.39 is 6.10 Å². The number of carbonyl (C=O) groups excluding carboxylic acids is 4. The van der Waals surface area contributed by atoms with Crippen molar-refractivity contribution >= 4 is 24.4 Å². The molecule has 0 radical (unpaired) electrons. The van der Waals surface area contributed by atoms with Crippen LogP contribution in [0.3, 0.4) is 0 Å². The number of nitrogens with two attached hydrogens (primary N) is 1. The van der Waals surface area contributed by atoms with Crippen molar-refractivity contribution in [3.63, 3.8) is 0 Å². The second-order valence-corrected chi connectivity index (χ2v) is 15.3. The Kier molecular flexibility index (Phi) is 33.1. The number of hydrogen-bond donors (Lipinski definition) is 3. The number of nitrogens with one attached hydrogen (secondary N) is 1. The molecule has 2 amide bonds. The molecule has 1 fully saturated rings. The van der Waals surface area contributed by atoms with Gasteiger partial charge in [0.1, 0.15) is 18.3 Å². The Hall–Kier alpha value is -2.90. The highest BCUT2D eigenvalue weighted by Crippen LogP contribution is 2.29. The van der Waals surface area contributed by atoms with Crippen molar-refractivity contribution in [2.75, 3.05) is 55.5 Å². The van der Waals surface area contributed by atoms with Crippen LogP contribution in [0, 0.1) is 23.7 Å². The smallest absolute Gasteiger partial charge is 0.225 e. The maximum Gasteiger partial charge on any atom is 0.225 e. The monoisotopic (exact) mass is 782 g/mol. The zero-order chi connectivity index (χ0) is 43.4. The molecule has 55 heavy (non-hydrogen) atoms. The van der Waals surface area contributed by atoms with Crippen LogP contribution >= 0.6 is 0 Å². The number of aliphatic hydroxyl groups is 1. The molecule has 0 saturated carbocycles. The third kappa shape index (κ3) is 21.3. The quantitative estimate of drug-likeness (QED) is 0.0672. The van der Waals surface area contributed by atoms with Crippen LogP contribution in [0.25, 0.3) is 0 Å². The van der Waals surface area contributed by atoms with Crippen LogP contribution in [0.15, 0.2) is 36.6 Å². The van der Waals surface area contributed by atoms with Crippen LogP contribution in [0.1, 0.15) is 101 Å². The molecule has 4 N–H and O–H groups in total. The van der Waals surface area contributed by atoms with Gasteiger partial charge in [-0.25, -0.2) is 0 Å². The third-order valence-corrected chi connectivity index (χ3v) is 10.2. The second-order valence-electron chi connectivity index (χ2n) is 15.3. The maximum atomic E-state index is 13.3. The molecule has 0 bridgehead atoms. The van der Waals surface area contributed by atoms with Gasteiger partial charge in [-0.1, -0.05) is 80.2 Å². The molecule has 7 unspecified atom stereocenters. The Labute approximate surface area is 336 Å². The fourth-order valence-electron chi connectivity index (χ4n) is 6.57. The fraction of sp³-hybridized carbons (Fsp3) is 0.767. The Balaban J connectivity index is -0.000000918. The molecular formula is C43H83N5O7. The largest absolute Gasteiger partial charge is 0.508 e. The predicted octanol–water partition coefficient (Wildman–Crippen LogP) is 6.06. The van der Waals surface area contributed by atoms with Gasteiger partial charge in [-0.2, -0.15) is 0 Å². The van der Waals surface area contributed by atoms with Crippen molar-refractivity contribution in [3.05, 3.63) is 36.6 Å². The molecule has 1 heterocycles. The first-order valence-corrected chi connectivity index (χ1v) is 20.0. The predicted molar refractivity (Wildman–Crippen MR) is 228 cm³/mol. The number of nitrogens with zero attached hydrogens (tertiary/aromatic N) is 3. The van der Waals surface area contributed by atoms with Crippen molar-refractivity contribution in [3.8, 4) is 0 Å². The summed E-state index contributed by atoms with van der Waals surface area (Å²) >= 11 is 0. The van der Waals surface area contributed by atoms with Gasteiger partial charge in [0, 0.05) is 46.2 Å². The van der Waals surface area contributed by atoms with Crippen LogP contribution in [0.5, 0.6) is 0 Å². The third-order valence-electron chi connectivity index (χ3n) is 10.2. The van der Waals surface area contributed by atoms with Crippen LogP contribution in [0.2, 0.25) is 0 Å². The summed E-state index contributed by atoms with van der Waals surface area (Å²) in [5, 5.41) is 12.0. The normalized spacial score (nSPS) is 17.3. The summed E-state index contributed by atoms with van der Waals surface area (Å²) in [5.41, 5.74) is 5.33. The number of hydrogen-bond acceptors (Lipinski definition) is 10. The first kappa shape index (κ1) is 56.4. The molecule has 0 aromatic rings. The van der Waals surface area contributed by atoms with Gasteiger partial charge in [0.05, 0.1) is 36.8 Å². The molecule has 12 heteroatoms. The molecule has 322 valence electrons. The molecule has 1 rings (SSSR count). The van der Waals surface area contributed by atoms with Gasteiger partial charge in [0.15, 0.2) is 0 Å². The summed E-state index contributed by atoms with van der Waals surface area (Å²) in [5.74, 6) is 0.774. The van der Waals surface area contributed by atoms with Gasteiger partial charge in [-0.3, -0.25) is 14.5 Å². The summed E-state index contributed by atoms with van der Waals surface area (Å²) in [6.07, 6.45) is 8.67. The number of carbonyl (C=O) groups is 4. The van der Waals surface area contributed by atoms with Crippen molar-refractivity contribution in [2.24, 2.45) is 29.4 Å². The molecule has 1 aliphatic rings. The van der Waals surface area contributed by atoms with Gasteiger partial charge >= 0.3 is 0 Å². The zero-order valence-electron chi connectivity index (χ0n) is 37.5. The van der Waals surface area contributed by atoms with Crippen molar-refractivity contribution in [2.45, 2.75) is 137 Å². The van der Waals surface area contributed by atoms with E-state index in [2.05, 4.69) is 70.7 Å². The van der Waals surface area contributed by atoms with E-state index in [1.165, 1.54) is 7.05 Å². The SMILES string of the molecule is C=C/C=C(/CCNC)C(=C)O.CC(C)C(C=O)N(C)C(C)C.CCC(C)C(C(CC(=O)N1CCCC1C(OC)C(C)C=O)OC)N(C)C(=O)CC(C)C.CN. The second kappa shape index (κ2) is 32.2. The van der Waals surface area contributed by atoms with E-state index in [0.717, 1.165) is 50.4 Å². The van der Waals surface area contributed by atoms with Gasteiger partial charge in [0.25, 0.3) is 0 Å². The van der Waals surface area contributed by atoms with Crippen molar-refractivity contribution in [1.82, 2.24) is 20.0 Å². The highest BCUT2D eigenvalue weighted by molar-refractivity contribution is 5.79. The van der Waals surface area contributed by atoms with E-state index in [4.69, 9.17) is 14.6 Å². The Morgan fingerprint density at radius 1 is 1.00 bits per heavy atom. The number of aliphatic hydroxyl groups excluding tert-OH is 1. The van der Waals surface area contributed by atoms with E-state index >= 15 is 0 Å². The number of methoxy groups -OCH3 is 2. The molecule has 7 atom stereocenters. The first-order valence-electron chi connectivity index (χ1n) is 20.0. The van der Waals surface area contributed by atoms with E-state index in [1.54, 1.807) is 31.3 Å². The Morgan fingerprint density at radius 3 is 1.95 bits per heavy atom. The average molecular weight is 782 g/mol. The van der Waals surface area contributed by atoms with Crippen molar-refractivity contribution < 1.29 is 33.8 Å². The minimum absolute atomic E-state index is 0.00693. The molecule has 0 aliphatic carbocycles. The van der Waals surface area contributed by atoms with Gasteiger partial charge < -0.3 is 45.0 Å². The van der Waals surface area contributed by atoms with E-state index in [9.17, 15) is 19.2 Å². The highest BCUT2D eigenvalue weighted by Gasteiger charge is 2.40. The van der Waals surface area contributed by atoms with Gasteiger partial charge in [-0.05, 0) is 84.1 Å². The lowest BCUT2D eigenvalue weighted by atomic mass is 9.90. The Bertz CT molecular complexity index is 1110. The Morgan fingerprint density at radius 2 is 1.58 bits per heavy atom. The molecule has 0 spiro atoms. The van der Waals surface area contributed by atoms with Gasteiger partial charge in [-0.15, -0.1) is 0 Å². The van der Waals surface area contributed by atoms with Crippen LogP contribution in [0.4, 0.5) is 0 Å². The van der Waals surface area contributed by atoms with Crippen LogP contribution < -0.4 is 11.1 Å². The van der Waals surface area contributed by atoms with Crippen molar-refractivity contribution in [1.29, 1.82) is 0 Å². The fourth-order valence-corrected chi connectivity index (χ4v) is 6.57. The molecule has 0 aromatic carbocycles.